The van der Waals surface area contributed by atoms with E-state index in [2.05, 4.69) is 16.7 Å². The van der Waals surface area contributed by atoms with Crippen molar-refractivity contribution in [2.24, 2.45) is 11.5 Å². The van der Waals surface area contributed by atoms with E-state index in [0.717, 1.165) is 26.1 Å². The van der Waals surface area contributed by atoms with Crippen LogP contribution in [0.15, 0.2) is 0 Å². The van der Waals surface area contributed by atoms with E-state index >= 15 is 0 Å². The van der Waals surface area contributed by atoms with Gasteiger partial charge >= 0.3 is 0 Å². The topological polar surface area (TPSA) is 58.5 Å². The van der Waals surface area contributed by atoms with E-state index in [0.29, 0.717) is 6.04 Å². The molecule has 0 amide bonds. The normalized spacial score (nSPS) is 37.3. The van der Waals surface area contributed by atoms with Gasteiger partial charge in [-0.3, -0.25) is 9.80 Å². The first kappa shape index (κ1) is 12.3. The van der Waals surface area contributed by atoms with E-state index in [1.807, 2.05) is 0 Å². The lowest BCUT2D eigenvalue weighted by Crippen LogP contribution is -2.60. The van der Waals surface area contributed by atoms with Crippen LogP contribution in [-0.4, -0.2) is 54.2 Å². The number of likely N-dealkylation sites (tertiary alicyclic amines) is 2. The number of nitrogens with two attached hydrogens (primary N) is 2. The minimum Gasteiger partial charge on any atom is -0.330 e. The van der Waals surface area contributed by atoms with E-state index < -0.39 is 0 Å². The van der Waals surface area contributed by atoms with Gasteiger partial charge in [-0.1, -0.05) is 0 Å². The van der Waals surface area contributed by atoms with Crippen LogP contribution in [0.2, 0.25) is 0 Å². The molecule has 0 aliphatic carbocycles. The number of nitrogens with zero attached hydrogens (tertiary/aromatic N) is 2. The predicted octanol–water partition coefficient (Wildman–Crippen LogP) is 0.180. The highest BCUT2D eigenvalue weighted by atomic mass is 15.4. The Morgan fingerprint density at radius 3 is 2.56 bits per heavy atom. The Kier molecular flexibility index (Phi) is 3.85. The average molecular weight is 226 g/mol. The van der Waals surface area contributed by atoms with Gasteiger partial charge in [-0.25, -0.2) is 0 Å². The first-order chi connectivity index (χ1) is 7.66. The van der Waals surface area contributed by atoms with E-state index in [1.165, 1.54) is 32.4 Å². The van der Waals surface area contributed by atoms with Crippen LogP contribution in [0.1, 0.15) is 32.6 Å². The van der Waals surface area contributed by atoms with E-state index in [4.69, 9.17) is 11.5 Å². The lowest BCUT2D eigenvalue weighted by atomic mass is 10.0. The average Bonchev–Trinajstić information content (AvgIpc) is 2.83. The van der Waals surface area contributed by atoms with Gasteiger partial charge in [0.15, 0.2) is 0 Å². The molecule has 4 heteroatoms. The smallest absolute Gasteiger partial charge is 0.0818 e. The Morgan fingerprint density at radius 1 is 1.25 bits per heavy atom. The zero-order valence-corrected chi connectivity index (χ0v) is 10.5. The summed E-state index contributed by atoms with van der Waals surface area (Å²) in [6, 6.07) is 0.549. The van der Waals surface area contributed by atoms with Crippen LogP contribution in [0.5, 0.6) is 0 Å². The van der Waals surface area contributed by atoms with Crippen LogP contribution >= 0.6 is 0 Å². The summed E-state index contributed by atoms with van der Waals surface area (Å²) in [4.78, 5) is 5.01. The van der Waals surface area contributed by atoms with Gasteiger partial charge < -0.3 is 11.5 Å². The molecule has 0 spiro atoms. The van der Waals surface area contributed by atoms with Gasteiger partial charge in [0, 0.05) is 19.1 Å². The first-order valence-electron chi connectivity index (χ1n) is 6.64. The number of rotatable bonds is 4. The van der Waals surface area contributed by atoms with Crippen LogP contribution < -0.4 is 11.5 Å². The monoisotopic (exact) mass is 226 g/mol. The molecule has 0 saturated carbocycles. The van der Waals surface area contributed by atoms with Crippen LogP contribution in [0.25, 0.3) is 0 Å². The molecule has 0 aromatic carbocycles. The minimum atomic E-state index is -0.153. The lowest BCUT2D eigenvalue weighted by molar-refractivity contribution is 0.0843. The summed E-state index contributed by atoms with van der Waals surface area (Å²) in [6.07, 6.45) is 4.96. The van der Waals surface area contributed by atoms with Crippen LogP contribution in [0.4, 0.5) is 0 Å². The molecule has 4 nitrogen and oxygen atoms in total. The maximum absolute atomic E-state index is 6.53. The summed E-state index contributed by atoms with van der Waals surface area (Å²) in [5.41, 5.74) is 12.0. The van der Waals surface area contributed by atoms with Crippen LogP contribution in [0, 0.1) is 0 Å². The fourth-order valence-electron chi connectivity index (χ4n) is 3.26. The van der Waals surface area contributed by atoms with Gasteiger partial charge in [-0.15, -0.1) is 0 Å². The molecule has 2 heterocycles. The molecule has 2 unspecified atom stereocenters. The molecule has 2 aliphatic heterocycles. The third kappa shape index (κ3) is 2.25. The summed E-state index contributed by atoms with van der Waals surface area (Å²) in [5, 5.41) is 0. The molecule has 0 aromatic heterocycles. The molecule has 0 radical (unpaired) electrons. The lowest BCUT2D eigenvalue weighted by Gasteiger charge is -2.39. The van der Waals surface area contributed by atoms with Gasteiger partial charge in [0.1, 0.15) is 0 Å². The SMILES string of the molecule is CC1(N)C(N2CCCC2)CCN1CCCN. The number of hydrogen-bond acceptors (Lipinski definition) is 4. The van der Waals surface area contributed by atoms with Crippen molar-refractivity contribution in [1.82, 2.24) is 9.80 Å². The fraction of sp³-hybridized carbons (Fsp3) is 1.00. The van der Waals surface area contributed by atoms with Gasteiger partial charge in [-0.2, -0.15) is 0 Å². The standard InChI is InChI=1S/C12H26N4/c1-12(14)11(15-7-2-3-8-15)5-10-16(12)9-4-6-13/h11H,2-10,13-14H2,1H3. The molecule has 94 valence electrons. The first-order valence-corrected chi connectivity index (χ1v) is 6.64. The molecule has 2 rings (SSSR count). The summed E-state index contributed by atoms with van der Waals surface area (Å²) < 4.78 is 0. The van der Waals surface area contributed by atoms with Crippen LogP contribution in [-0.2, 0) is 0 Å². The van der Waals surface area contributed by atoms with Gasteiger partial charge in [0.2, 0.25) is 0 Å². The quantitative estimate of drug-likeness (QED) is 0.718. The summed E-state index contributed by atoms with van der Waals surface area (Å²) in [6.45, 7) is 7.62. The zero-order chi connectivity index (χ0) is 11.6. The van der Waals surface area contributed by atoms with Crippen LogP contribution in [0.3, 0.4) is 0 Å². The molecule has 2 saturated heterocycles. The van der Waals surface area contributed by atoms with Gasteiger partial charge in [0.25, 0.3) is 0 Å². The Morgan fingerprint density at radius 2 is 1.94 bits per heavy atom. The maximum atomic E-state index is 6.53. The fourth-order valence-corrected chi connectivity index (χ4v) is 3.26. The molecule has 2 atom stereocenters. The third-order valence-corrected chi connectivity index (χ3v) is 4.24. The molecular weight excluding hydrogens is 200 g/mol. The second-order valence-corrected chi connectivity index (χ2v) is 5.40. The largest absolute Gasteiger partial charge is 0.330 e. The van der Waals surface area contributed by atoms with Crippen molar-refractivity contribution in [3.05, 3.63) is 0 Å². The minimum absolute atomic E-state index is 0.153. The zero-order valence-electron chi connectivity index (χ0n) is 10.5. The predicted molar refractivity (Wildman–Crippen MR) is 67.0 cm³/mol. The Bertz CT molecular complexity index is 223. The molecule has 2 aliphatic rings. The highest BCUT2D eigenvalue weighted by molar-refractivity contribution is 5.00. The Labute approximate surface area is 98.9 Å². The van der Waals surface area contributed by atoms with Crippen molar-refractivity contribution < 1.29 is 0 Å². The van der Waals surface area contributed by atoms with Crippen molar-refractivity contribution in [2.45, 2.75) is 44.3 Å². The van der Waals surface area contributed by atoms with Crippen molar-refractivity contribution in [3.63, 3.8) is 0 Å². The molecule has 4 N–H and O–H groups in total. The third-order valence-electron chi connectivity index (χ3n) is 4.24. The Hall–Kier alpha value is -0.160. The maximum Gasteiger partial charge on any atom is 0.0818 e. The van der Waals surface area contributed by atoms with E-state index in [-0.39, 0.29) is 5.66 Å². The molecule has 16 heavy (non-hydrogen) atoms. The number of hydrogen-bond donors (Lipinski definition) is 2. The second kappa shape index (κ2) is 5.00. The summed E-state index contributed by atoms with van der Waals surface area (Å²) in [7, 11) is 0. The molecular formula is C12H26N4. The van der Waals surface area contributed by atoms with Crippen molar-refractivity contribution in [3.8, 4) is 0 Å². The van der Waals surface area contributed by atoms with Crippen molar-refractivity contribution >= 4 is 0 Å². The second-order valence-electron chi connectivity index (χ2n) is 5.40. The van der Waals surface area contributed by atoms with Crippen molar-refractivity contribution in [1.29, 1.82) is 0 Å². The highest BCUT2D eigenvalue weighted by Gasteiger charge is 2.44. The van der Waals surface area contributed by atoms with Crippen molar-refractivity contribution in [2.75, 3.05) is 32.7 Å². The van der Waals surface area contributed by atoms with Gasteiger partial charge in [-0.05, 0) is 52.2 Å². The van der Waals surface area contributed by atoms with E-state index in [1.54, 1.807) is 0 Å². The molecule has 0 bridgehead atoms. The van der Waals surface area contributed by atoms with Gasteiger partial charge in [0.05, 0.1) is 5.66 Å². The molecule has 0 aromatic rings. The summed E-state index contributed by atoms with van der Waals surface area (Å²) >= 11 is 0. The Balaban J connectivity index is 1.95. The molecule has 2 fully saturated rings. The summed E-state index contributed by atoms with van der Waals surface area (Å²) in [5.74, 6) is 0. The highest BCUT2D eigenvalue weighted by Crippen LogP contribution is 2.30. The van der Waals surface area contributed by atoms with E-state index in [9.17, 15) is 0 Å².